The number of ether oxygens (including phenoxy) is 2. The number of alkyl carbamates (subject to hydrolysis) is 1. The van der Waals surface area contributed by atoms with E-state index in [1.54, 1.807) is 6.07 Å². The van der Waals surface area contributed by atoms with Crippen LogP contribution in [0.3, 0.4) is 0 Å². The number of halogens is 1. The molecule has 1 fully saturated rings. The van der Waals surface area contributed by atoms with Crippen LogP contribution < -0.4 is 15.4 Å². The van der Waals surface area contributed by atoms with Crippen LogP contribution >= 0.6 is 0 Å². The number of hydrogen-bond acceptors (Lipinski definition) is 4. The number of carbonyl (C=O) groups excluding carboxylic acids is 1. The van der Waals surface area contributed by atoms with Gasteiger partial charge in [0.05, 0.1) is 0 Å². The minimum atomic E-state index is -0.530. The Morgan fingerprint density at radius 3 is 2.72 bits per heavy atom. The van der Waals surface area contributed by atoms with Gasteiger partial charge in [-0.3, -0.25) is 0 Å². The summed E-state index contributed by atoms with van der Waals surface area (Å²) >= 11 is 0. The number of nitrogens with one attached hydrogen (secondary N) is 2. The fourth-order valence-electron chi connectivity index (χ4n) is 3.45. The quantitative estimate of drug-likeness (QED) is 0.782. The van der Waals surface area contributed by atoms with Crippen molar-refractivity contribution >= 4 is 6.09 Å². The maximum absolute atomic E-state index is 14.1. The smallest absolute Gasteiger partial charge is 0.407 e. The van der Waals surface area contributed by atoms with Crippen LogP contribution in [0.1, 0.15) is 44.2 Å². The van der Waals surface area contributed by atoms with Crippen molar-refractivity contribution in [3.05, 3.63) is 65.5 Å². The molecule has 1 aliphatic heterocycles. The first-order valence-corrected chi connectivity index (χ1v) is 9.98. The standard InChI is InChI=1S/C23H29FN2O3/c1-23(2,3)29-22(27)26-13-16-7-6-8-18(11-16)28-19-12-17(14-25-15-19)20-9-4-5-10-21(20)24/h4-11,17,19,25H,12-15H2,1-3H3,(H,26,27). The van der Waals surface area contributed by atoms with E-state index in [0.29, 0.717) is 13.1 Å². The molecule has 2 atom stereocenters. The average Bonchev–Trinajstić information content (AvgIpc) is 2.66. The van der Waals surface area contributed by atoms with Gasteiger partial charge in [0.15, 0.2) is 0 Å². The van der Waals surface area contributed by atoms with Crippen LogP contribution in [0.5, 0.6) is 5.75 Å². The topological polar surface area (TPSA) is 59.6 Å². The highest BCUT2D eigenvalue weighted by Crippen LogP contribution is 2.28. The van der Waals surface area contributed by atoms with Gasteiger partial charge in [-0.15, -0.1) is 0 Å². The van der Waals surface area contributed by atoms with E-state index in [2.05, 4.69) is 10.6 Å². The van der Waals surface area contributed by atoms with Gasteiger partial charge in [-0.25, -0.2) is 9.18 Å². The predicted molar refractivity (Wildman–Crippen MR) is 111 cm³/mol. The van der Waals surface area contributed by atoms with Gasteiger partial charge in [-0.2, -0.15) is 0 Å². The van der Waals surface area contributed by atoms with Crippen LogP contribution in [0, 0.1) is 5.82 Å². The number of rotatable bonds is 5. The fourth-order valence-corrected chi connectivity index (χ4v) is 3.45. The summed E-state index contributed by atoms with van der Waals surface area (Å²) in [6.07, 6.45) is 0.240. The van der Waals surface area contributed by atoms with Crippen LogP contribution in [0.15, 0.2) is 48.5 Å². The number of amides is 1. The highest BCUT2D eigenvalue weighted by atomic mass is 19.1. The zero-order valence-corrected chi connectivity index (χ0v) is 17.2. The summed E-state index contributed by atoms with van der Waals surface area (Å²) < 4.78 is 25.5. The van der Waals surface area contributed by atoms with E-state index in [1.165, 1.54) is 6.07 Å². The van der Waals surface area contributed by atoms with Gasteiger partial charge in [-0.05, 0) is 56.5 Å². The van der Waals surface area contributed by atoms with Crippen molar-refractivity contribution in [1.29, 1.82) is 0 Å². The van der Waals surface area contributed by atoms with Crippen molar-refractivity contribution in [3.63, 3.8) is 0 Å². The van der Waals surface area contributed by atoms with Crippen LogP contribution in [0.4, 0.5) is 9.18 Å². The Labute approximate surface area is 171 Å². The molecule has 0 saturated carbocycles. The number of benzene rings is 2. The third kappa shape index (κ3) is 6.46. The Balaban J connectivity index is 1.57. The van der Waals surface area contributed by atoms with Crippen molar-refractivity contribution in [3.8, 4) is 5.75 Å². The molecule has 2 N–H and O–H groups in total. The molecule has 5 nitrogen and oxygen atoms in total. The molecule has 2 aromatic carbocycles. The van der Waals surface area contributed by atoms with Crippen molar-refractivity contribution in [2.45, 2.75) is 51.4 Å². The van der Waals surface area contributed by atoms with Crippen molar-refractivity contribution in [1.82, 2.24) is 10.6 Å². The van der Waals surface area contributed by atoms with Gasteiger partial charge in [-0.1, -0.05) is 30.3 Å². The maximum Gasteiger partial charge on any atom is 0.407 e. The first kappa shape index (κ1) is 21.1. The van der Waals surface area contributed by atoms with Crippen LogP contribution in [0.25, 0.3) is 0 Å². The fraction of sp³-hybridized carbons (Fsp3) is 0.435. The summed E-state index contributed by atoms with van der Waals surface area (Å²) in [7, 11) is 0. The van der Waals surface area contributed by atoms with Gasteiger partial charge >= 0.3 is 6.09 Å². The predicted octanol–water partition coefficient (Wildman–Crippen LogP) is 4.37. The first-order valence-electron chi connectivity index (χ1n) is 9.98. The van der Waals surface area contributed by atoms with E-state index in [1.807, 2.05) is 57.2 Å². The van der Waals surface area contributed by atoms with E-state index < -0.39 is 11.7 Å². The lowest BCUT2D eigenvalue weighted by Gasteiger charge is -2.31. The largest absolute Gasteiger partial charge is 0.489 e. The lowest BCUT2D eigenvalue weighted by atomic mass is 9.90. The van der Waals surface area contributed by atoms with E-state index in [9.17, 15) is 9.18 Å². The molecular weight excluding hydrogens is 371 g/mol. The zero-order chi connectivity index (χ0) is 20.9. The second kappa shape index (κ2) is 9.27. The molecule has 0 aliphatic carbocycles. The summed E-state index contributed by atoms with van der Waals surface area (Å²) in [5.41, 5.74) is 1.11. The van der Waals surface area contributed by atoms with E-state index >= 15 is 0 Å². The third-order valence-corrected chi connectivity index (χ3v) is 4.69. The normalized spacial score (nSPS) is 19.4. The second-order valence-electron chi connectivity index (χ2n) is 8.36. The molecule has 1 saturated heterocycles. The van der Waals surface area contributed by atoms with Gasteiger partial charge in [0.25, 0.3) is 0 Å². The Morgan fingerprint density at radius 2 is 1.97 bits per heavy atom. The monoisotopic (exact) mass is 400 g/mol. The summed E-state index contributed by atoms with van der Waals surface area (Å²) in [5, 5.41) is 6.09. The lowest BCUT2D eigenvalue weighted by molar-refractivity contribution is 0.0523. The molecule has 1 amide bonds. The van der Waals surface area contributed by atoms with Crippen LogP contribution in [-0.2, 0) is 11.3 Å². The van der Waals surface area contributed by atoms with Gasteiger partial charge in [0.2, 0.25) is 0 Å². The Hall–Kier alpha value is -2.60. The van der Waals surface area contributed by atoms with Gasteiger partial charge < -0.3 is 20.1 Å². The molecule has 0 spiro atoms. The Kier molecular flexibility index (Phi) is 6.75. The molecule has 6 heteroatoms. The summed E-state index contributed by atoms with van der Waals surface area (Å²) in [5.74, 6) is 0.636. The SMILES string of the molecule is CC(C)(C)OC(=O)NCc1cccc(OC2CNCC(c3ccccc3F)C2)c1. The number of carbonyl (C=O) groups is 1. The molecule has 1 heterocycles. The molecule has 0 aromatic heterocycles. The minimum Gasteiger partial charge on any atom is -0.489 e. The third-order valence-electron chi connectivity index (χ3n) is 4.69. The number of piperidine rings is 1. The first-order chi connectivity index (χ1) is 13.8. The highest BCUT2D eigenvalue weighted by molar-refractivity contribution is 5.67. The van der Waals surface area contributed by atoms with Gasteiger partial charge in [0.1, 0.15) is 23.3 Å². The molecule has 2 aromatic rings. The number of hydrogen-bond donors (Lipinski definition) is 2. The Morgan fingerprint density at radius 1 is 1.17 bits per heavy atom. The van der Waals surface area contributed by atoms with E-state index in [4.69, 9.17) is 9.47 Å². The molecule has 0 bridgehead atoms. The van der Waals surface area contributed by atoms with E-state index in [-0.39, 0.29) is 17.8 Å². The summed E-state index contributed by atoms with van der Waals surface area (Å²) in [6.45, 7) is 7.29. The molecule has 3 rings (SSSR count). The average molecular weight is 400 g/mol. The molecule has 156 valence electrons. The minimum absolute atomic E-state index is 0.0533. The van der Waals surface area contributed by atoms with Crippen molar-refractivity contribution in [2.75, 3.05) is 13.1 Å². The highest BCUT2D eigenvalue weighted by Gasteiger charge is 2.26. The van der Waals surface area contributed by atoms with Crippen LogP contribution in [-0.4, -0.2) is 30.9 Å². The molecule has 1 aliphatic rings. The van der Waals surface area contributed by atoms with Crippen molar-refractivity contribution in [2.24, 2.45) is 0 Å². The Bertz CT molecular complexity index is 835. The second-order valence-corrected chi connectivity index (χ2v) is 8.36. The molecule has 0 radical (unpaired) electrons. The van der Waals surface area contributed by atoms with E-state index in [0.717, 1.165) is 29.8 Å². The molecule has 2 unspecified atom stereocenters. The van der Waals surface area contributed by atoms with Crippen LogP contribution in [0.2, 0.25) is 0 Å². The van der Waals surface area contributed by atoms with Crippen molar-refractivity contribution < 1.29 is 18.7 Å². The maximum atomic E-state index is 14.1. The summed E-state index contributed by atoms with van der Waals surface area (Å²) in [6, 6.07) is 14.5. The molecular formula is C23H29FN2O3. The lowest BCUT2D eigenvalue weighted by Crippen LogP contribution is -2.41. The van der Waals surface area contributed by atoms with Gasteiger partial charge in [0, 0.05) is 25.6 Å². The summed E-state index contributed by atoms with van der Waals surface area (Å²) in [4.78, 5) is 11.8. The molecule has 29 heavy (non-hydrogen) atoms. The zero-order valence-electron chi connectivity index (χ0n) is 17.2.